The van der Waals surface area contributed by atoms with E-state index in [9.17, 15) is 4.79 Å². The molecule has 1 aromatic heterocycles. The number of amides is 1. The quantitative estimate of drug-likeness (QED) is 0.883. The van der Waals surface area contributed by atoms with Gasteiger partial charge in [0.05, 0.1) is 11.6 Å². The molecule has 1 aromatic carbocycles. The Morgan fingerprint density at radius 1 is 1.47 bits per heavy atom. The van der Waals surface area contributed by atoms with Crippen LogP contribution < -0.4 is 5.32 Å². The second kappa shape index (κ2) is 6.42. The van der Waals surface area contributed by atoms with Crippen molar-refractivity contribution in [2.45, 2.75) is 25.8 Å². The maximum absolute atomic E-state index is 12.2. The van der Waals surface area contributed by atoms with E-state index in [-0.39, 0.29) is 11.9 Å². The van der Waals surface area contributed by atoms with E-state index in [4.69, 9.17) is 0 Å². The third kappa shape index (κ3) is 3.37. The van der Waals surface area contributed by atoms with Crippen LogP contribution in [0.5, 0.6) is 0 Å². The highest BCUT2D eigenvalue weighted by Crippen LogP contribution is 2.18. The van der Waals surface area contributed by atoms with Crippen LogP contribution in [-0.2, 0) is 0 Å². The molecule has 0 bridgehead atoms. The lowest BCUT2D eigenvalue weighted by Gasteiger charge is -2.14. The number of nitrogens with one attached hydrogen (secondary N) is 2. The molecule has 7 heteroatoms. The predicted octanol–water partition coefficient (Wildman–Crippen LogP) is 2.23. The first-order valence-corrected chi connectivity index (χ1v) is 6.80. The van der Waals surface area contributed by atoms with Gasteiger partial charge in [-0.2, -0.15) is 5.21 Å². The molecular weight excluding hydrogens is 310 g/mol. The van der Waals surface area contributed by atoms with Gasteiger partial charge in [-0.25, -0.2) is 0 Å². The normalized spacial score (nSPS) is 12.1. The van der Waals surface area contributed by atoms with E-state index in [1.54, 1.807) is 6.07 Å². The van der Waals surface area contributed by atoms with E-state index >= 15 is 0 Å². The number of tetrazole rings is 1. The Hall–Kier alpha value is -1.76. The number of rotatable bonds is 5. The zero-order valence-electron chi connectivity index (χ0n) is 10.4. The monoisotopic (exact) mass is 323 g/mol. The highest BCUT2D eigenvalue weighted by Gasteiger charge is 2.19. The number of benzene rings is 1. The fraction of sp³-hybridized carbons (Fsp3) is 0.333. The van der Waals surface area contributed by atoms with Crippen LogP contribution in [-0.4, -0.2) is 26.5 Å². The van der Waals surface area contributed by atoms with Crippen molar-refractivity contribution in [1.82, 2.24) is 25.9 Å². The highest BCUT2D eigenvalue weighted by atomic mass is 79.9. The Morgan fingerprint density at radius 2 is 2.26 bits per heavy atom. The number of carbonyl (C=O) groups is 1. The number of aromatic amines is 1. The van der Waals surface area contributed by atoms with Gasteiger partial charge >= 0.3 is 0 Å². The highest BCUT2D eigenvalue weighted by molar-refractivity contribution is 9.10. The van der Waals surface area contributed by atoms with E-state index in [0.29, 0.717) is 11.4 Å². The van der Waals surface area contributed by atoms with Gasteiger partial charge < -0.3 is 5.32 Å². The first-order chi connectivity index (χ1) is 9.22. The van der Waals surface area contributed by atoms with Crippen LogP contribution in [0.25, 0.3) is 0 Å². The second-order valence-electron chi connectivity index (χ2n) is 4.06. The lowest BCUT2D eigenvalue weighted by molar-refractivity contribution is 0.0932. The molecule has 2 aromatic rings. The minimum Gasteiger partial charge on any atom is -0.342 e. The van der Waals surface area contributed by atoms with Gasteiger partial charge in [0.15, 0.2) is 5.82 Å². The summed E-state index contributed by atoms with van der Waals surface area (Å²) in [6.45, 7) is 2.04. The van der Waals surface area contributed by atoms with Crippen LogP contribution in [0, 0.1) is 0 Å². The SMILES string of the molecule is CCC[C@H](NC(=O)c1ccccc1Br)c1nn[nH]n1. The van der Waals surface area contributed by atoms with Gasteiger partial charge in [0.2, 0.25) is 0 Å². The minimum absolute atomic E-state index is 0.157. The Labute approximate surface area is 119 Å². The summed E-state index contributed by atoms with van der Waals surface area (Å²) in [5.74, 6) is 0.345. The van der Waals surface area contributed by atoms with E-state index in [1.165, 1.54) is 0 Å². The van der Waals surface area contributed by atoms with Crippen LogP contribution in [0.2, 0.25) is 0 Å². The van der Waals surface area contributed by atoms with Crippen LogP contribution >= 0.6 is 15.9 Å². The summed E-state index contributed by atoms with van der Waals surface area (Å²) in [6.07, 6.45) is 1.67. The molecule has 2 N–H and O–H groups in total. The van der Waals surface area contributed by atoms with E-state index in [2.05, 4.69) is 41.9 Å². The minimum atomic E-state index is -0.233. The molecule has 0 aliphatic carbocycles. The Bertz CT molecular complexity index is 543. The third-order valence-corrected chi connectivity index (χ3v) is 3.37. The molecular formula is C12H14BrN5O. The number of carbonyl (C=O) groups excluding carboxylic acids is 1. The third-order valence-electron chi connectivity index (χ3n) is 2.67. The van der Waals surface area contributed by atoms with E-state index < -0.39 is 0 Å². The number of halogens is 1. The van der Waals surface area contributed by atoms with Gasteiger partial charge in [-0.15, -0.1) is 10.2 Å². The van der Waals surface area contributed by atoms with Gasteiger partial charge in [-0.3, -0.25) is 4.79 Å². The smallest absolute Gasteiger partial charge is 0.253 e. The predicted molar refractivity (Wildman–Crippen MR) is 73.4 cm³/mol. The molecule has 0 aliphatic rings. The Kier molecular flexibility index (Phi) is 4.62. The topological polar surface area (TPSA) is 83.6 Å². The van der Waals surface area contributed by atoms with Crippen LogP contribution in [0.3, 0.4) is 0 Å². The van der Waals surface area contributed by atoms with Crippen LogP contribution in [0.15, 0.2) is 28.7 Å². The molecule has 0 saturated carbocycles. The summed E-state index contributed by atoms with van der Waals surface area (Å²) in [6, 6.07) is 7.05. The fourth-order valence-electron chi connectivity index (χ4n) is 1.75. The maximum atomic E-state index is 12.2. The molecule has 2 rings (SSSR count). The second-order valence-corrected chi connectivity index (χ2v) is 4.92. The fourth-order valence-corrected chi connectivity index (χ4v) is 2.22. The molecule has 19 heavy (non-hydrogen) atoms. The standard InChI is InChI=1S/C12H14BrN5O/c1-2-5-10(11-15-17-18-16-11)14-12(19)8-6-3-4-7-9(8)13/h3-4,6-7,10H,2,5H2,1H3,(H,14,19)(H,15,16,17,18)/t10-/m0/s1. The van der Waals surface area contributed by atoms with Crippen LogP contribution in [0.4, 0.5) is 0 Å². The summed E-state index contributed by atoms with van der Waals surface area (Å²) in [5, 5.41) is 16.7. The number of hydrogen-bond acceptors (Lipinski definition) is 4. The Morgan fingerprint density at radius 3 is 2.89 bits per heavy atom. The van der Waals surface area contributed by atoms with Gasteiger partial charge in [-0.1, -0.05) is 30.7 Å². The van der Waals surface area contributed by atoms with Gasteiger partial charge in [0.1, 0.15) is 0 Å². The maximum Gasteiger partial charge on any atom is 0.253 e. The van der Waals surface area contributed by atoms with Crippen molar-refractivity contribution in [1.29, 1.82) is 0 Å². The number of nitrogens with zero attached hydrogens (tertiary/aromatic N) is 3. The van der Waals surface area contributed by atoms with Gasteiger partial charge in [0, 0.05) is 4.47 Å². The summed E-state index contributed by atoms with van der Waals surface area (Å²) in [7, 11) is 0. The summed E-state index contributed by atoms with van der Waals surface area (Å²) in [4.78, 5) is 12.2. The molecule has 1 heterocycles. The number of H-pyrrole nitrogens is 1. The van der Waals surface area contributed by atoms with Crippen molar-refractivity contribution in [3.63, 3.8) is 0 Å². The molecule has 0 unspecified atom stereocenters. The first kappa shape index (κ1) is 13.7. The van der Waals surface area contributed by atoms with Crippen molar-refractivity contribution in [2.24, 2.45) is 0 Å². The van der Waals surface area contributed by atoms with Crippen LogP contribution in [0.1, 0.15) is 42.0 Å². The first-order valence-electron chi connectivity index (χ1n) is 6.01. The summed E-state index contributed by atoms with van der Waals surface area (Å²) >= 11 is 3.36. The molecule has 0 fully saturated rings. The average Bonchev–Trinajstić information content (AvgIpc) is 2.92. The largest absolute Gasteiger partial charge is 0.342 e. The van der Waals surface area contributed by atoms with Crippen molar-refractivity contribution in [2.75, 3.05) is 0 Å². The van der Waals surface area contributed by atoms with E-state index in [1.807, 2.05) is 25.1 Å². The molecule has 0 radical (unpaired) electrons. The number of hydrogen-bond donors (Lipinski definition) is 2. The zero-order valence-corrected chi connectivity index (χ0v) is 12.0. The molecule has 1 amide bonds. The average molecular weight is 324 g/mol. The molecule has 0 saturated heterocycles. The molecule has 6 nitrogen and oxygen atoms in total. The van der Waals surface area contributed by atoms with Crippen molar-refractivity contribution >= 4 is 21.8 Å². The Balaban J connectivity index is 2.14. The van der Waals surface area contributed by atoms with E-state index in [0.717, 1.165) is 17.3 Å². The molecule has 0 spiro atoms. The van der Waals surface area contributed by atoms with Gasteiger partial charge in [0.25, 0.3) is 5.91 Å². The lowest BCUT2D eigenvalue weighted by atomic mass is 10.1. The van der Waals surface area contributed by atoms with Crippen molar-refractivity contribution in [3.8, 4) is 0 Å². The lowest BCUT2D eigenvalue weighted by Crippen LogP contribution is -2.29. The van der Waals surface area contributed by atoms with Crippen molar-refractivity contribution < 1.29 is 4.79 Å². The molecule has 1 atom stereocenters. The molecule has 100 valence electrons. The van der Waals surface area contributed by atoms with Gasteiger partial charge in [-0.05, 0) is 34.5 Å². The molecule has 0 aliphatic heterocycles. The zero-order chi connectivity index (χ0) is 13.7. The summed E-state index contributed by atoms with van der Waals surface area (Å²) < 4.78 is 0.760. The number of aromatic nitrogens is 4. The van der Waals surface area contributed by atoms with Crippen molar-refractivity contribution in [3.05, 3.63) is 40.1 Å². The summed E-state index contributed by atoms with van der Waals surface area (Å²) in [5.41, 5.74) is 0.590.